The van der Waals surface area contributed by atoms with Gasteiger partial charge in [-0.05, 0) is 12.8 Å². The molecule has 1 aromatic heterocycles. The van der Waals surface area contributed by atoms with Crippen LogP contribution in [0.5, 0.6) is 5.88 Å². The Kier molecular flexibility index (Phi) is 1.43. The molecule has 0 radical (unpaired) electrons. The van der Waals surface area contributed by atoms with E-state index < -0.39 is 0 Å². The lowest BCUT2D eigenvalue weighted by Gasteiger charge is -1.94. The minimum absolute atomic E-state index is 0.647. The van der Waals surface area contributed by atoms with Gasteiger partial charge >= 0.3 is 0 Å². The van der Waals surface area contributed by atoms with Crippen LogP contribution in [-0.2, 0) is 0 Å². The average Bonchev–Trinajstić information content (AvgIpc) is 2.14. The fourth-order valence-electron chi connectivity index (χ4n) is 0.434. The lowest BCUT2D eigenvalue weighted by molar-refractivity contribution is 0.392. The summed E-state index contributed by atoms with van der Waals surface area (Å²) in [7, 11) is 1.57. The summed E-state index contributed by atoms with van der Waals surface area (Å²) in [6.07, 6.45) is 1.62. The molecule has 0 amide bonds. The summed E-state index contributed by atoms with van der Waals surface area (Å²) in [6.45, 7) is 0. The van der Waals surface area contributed by atoms with E-state index in [0.29, 0.717) is 5.88 Å². The molecule has 0 aliphatic carbocycles. The molecular weight excluding hydrogens is 124 g/mol. The van der Waals surface area contributed by atoms with E-state index in [9.17, 15) is 0 Å². The molecule has 0 unspecified atom stereocenters. The second-order valence-corrected chi connectivity index (χ2v) is 1.64. The Balaban J connectivity index is 2.92. The van der Waals surface area contributed by atoms with Gasteiger partial charge in [0.2, 0.25) is 5.88 Å². The smallest absolute Gasteiger partial charge is 0.221 e. The van der Waals surface area contributed by atoms with E-state index in [0.717, 1.165) is 0 Å². The maximum absolute atomic E-state index is 4.81. The van der Waals surface area contributed by atoms with Gasteiger partial charge < -0.3 is 4.74 Å². The summed E-state index contributed by atoms with van der Waals surface area (Å²) in [5.74, 6) is 0.647. The van der Waals surface area contributed by atoms with Crippen LogP contribution in [0.15, 0.2) is 12.3 Å². The van der Waals surface area contributed by atoms with Crippen molar-refractivity contribution in [2.75, 3.05) is 7.11 Å². The van der Waals surface area contributed by atoms with Crippen molar-refractivity contribution < 1.29 is 4.74 Å². The first-order valence-corrected chi connectivity index (χ1v) is 2.52. The second-order valence-electron chi connectivity index (χ2n) is 1.26. The fourth-order valence-corrected chi connectivity index (χ4v) is 0.641. The Bertz CT molecular complexity index is 174. The van der Waals surface area contributed by atoms with Crippen LogP contribution in [0, 0.1) is 0 Å². The first-order chi connectivity index (χ1) is 3.84. The first-order valence-electron chi connectivity index (χ1n) is 2.12. The lowest BCUT2D eigenvalue weighted by Crippen LogP contribution is -1.88. The highest BCUT2D eigenvalue weighted by molar-refractivity contribution is 7.78. The van der Waals surface area contributed by atoms with Crippen LogP contribution >= 0.6 is 12.8 Å². The molecule has 0 fully saturated rings. The van der Waals surface area contributed by atoms with Gasteiger partial charge in [0.1, 0.15) is 0 Å². The van der Waals surface area contributed by atoms with Gasteiger partial charge in [-0.1, -0.05) is 0 Å². The third-order valence-corrected chi connectivity index (χ3v) is 1.10. The van der Waals surface area contributed by atoms with Crippen LogP contribution in [-0.4, -0.2) is 16.3 Å². The quantitative estimate of drug-likeness (QED) is 0.563. The van der Waals surface area contributed by atoms with Crippen molar-refractivity contribution in [2.24, 2.45) is 0 Å². The Hall–Kier alpha value is -0.640. The number of hydrogen-bond acceptors (Lipinski definition) is 3. The third-order valence-electron chi connectivity index (χ3n) is 0.799. The highest BCUT2D eigenvalue weighted by atomic mass is 32.1. The van der Waals surface area contributed by atoms with E-state index in [-0.39, 0.29) is 0 Å². The molecule has 0 aromatic carbocycles. The van der Waals surface area contributed by atoms with E-state index in [1.165, 1.54) is 4.09 Å². The van der Waals surface area contributed by atoms with E-state index in [4.69, 9.17) is 4.74 Å². The van der Waals surface area contributed by atoms with Gasteiger partial charge in [-0.15, -0.1) is 0 Å². The summed E-state index contributed by atoms with van der Waals surface area (Å²) in [5, 5.41) is 3.74. The van der Waals surface area contributed by atoms with E-state index in [2.05, 4.69) is 17.9 Å². The average molecular weight is 130 g/mol. The molecule has 1 rings (SSSR count). The van der Waals surface area contributed by atoms with Gasteiger partial charge in [-0.2, -0.15) is 9.19 Å². The molecule has 0 atom stereocenters. The molecule has 0 bridgehead atoms. The lowest BCUT2D eigenvalue weighted by atomic mass is 10.7. The minimum atomic E-state index is 0.647. The Morgan fingerprint density at radius 2 is 2.62 bits per heavy atom. The number of methoxy groups -OCH3 is 1. The van der Waals surface area contributed by atoms with Crippen molar-refractivity contribution in [2.45, 2.75) is 0 Å². The van der Waals surface area contributed by atoms with Gasteiger partial charge in [-0.25, -0.2) is 0 Å². The monoisotopic (exact) mass is 130 g/mol. The Labute approximate surface area is 52.8 Å². The van der Waals surface area contributed by atoms with Gasteiger partial charge in [0, 0.05) is 6.07 Å². The largest absolute Gasteiger partial charge is 0.481 e. The zero-order chi connectivity index (χ0) is 5.98. The first kappa shape index (κ1) is 5.50. The van der Waals surface area contributed by atoms with Crippen molar-refractivity contribution in [1.82, 2.24) is 9.19 Å². The van der Waals surface area contributed by atoms with Gasteiger partial charge in [0.25, 0.3) is 0 Å². The van der Waals surface area contributed by atoms with Crippen LogP contribution in [0.1, 0.15) is 0 Å². The SMILES string of the molecule is COc1ccnn1S. The molecule has 3 nitrogen and oxygen atoms in total. The summed E-state index contributed by atoms with van der Waals surface area (Å²) in [5.41, 5.74) is 0. The summed E-state index contributed by atoms with van der Waals surface area (Å²) >= 11 is 3.91. The summed E-state index contributed by atoms with van der Waals surface area (Å²) < 4.78 is 6.17. The van der Waals surface area contributed by atoms with E-state index in [1.54, 1.807) is 19.4 Å². The number of nitrogens with zero attached hydrogens (tertiary/aromatic N) is 2. The zero-order valence-electron chi connectivity index (χ0n) is 4.40. The minimum Gasteiger partial charge on any atom is -0.481 e. The molecular formula is C4H6N2OS. The van der Waals surface area contributed by atoms with Crippen LogP contribution in [0.2, 0.25) is 0 Å². The second kappa shape index (κ2) is 2.09. The standard InChI is InChI=1S/C4H6N2OS/c1-7-4-2-3-5-6(4)8/h2-3,8H,1H3. The molecule has 8 heavy (non-hydrogen) atoms. The van der Waals surface area contributed by atoms with Crippen LogP contribution < -0.4 is 4.74 Å². The van der Waals surface area contributed by atoms with Crippen molar-refractivity contribution in [1.29, 1.82) is 0 Å². The predicted molar refractivity (Wildman–Crippen MR) is 33.2 cm³/mol. The summed E-state index contributed by atoms with van der Waals surface area (Å²) in [4.78, 5) is 0. The number of hydrogen-bond donors (Lipinski definition) is 1. The number of rotatable bonds is 1. The fraction of sp³-hybridized carbons (Fsp3) is 0.250. The van der Waals surface area contributed by atoms with Crippen molar-refractivity contribution in [3.63, 3.8) is 0 Å². The predicted octanol–water partition coefficient (Wildman–Crippen LogP) is 0.585. The highest BCUT2D eigenvalue weighted by Gasteiger charge is 1.92. The highest BCUT2D eigenvalue weighted by Crippen LogP contribution is 2.07. The number of ether oxygens (including phenoxy) is 1. The van der Waals surface area contributed by atoms with Crippen molar-refractivity contribution in [3.8, 4) is 5.88 Å². The zero-order valence-corrected chi connectivity index (χ0v) is 5.30. The molecule has 4 heteroatoms. The molecule has 0 saturated carbocycles. The number of thiol groups is 1. The Morgan fingerprint density at radius 3 is 2.88 bits per heavy atom. The van der Waals surface area contributed by atoms with Crippen LogP contribution in [0.4, 0.5) is 0 Å². The van der Waals surface area contributed by atoms with Gasteiger partial charge in [0.05, 0.1) is 13.3 Å². The molecule has 0 spiro atoms. The normalized spacial score (nSPS) is 9.25. The van der Waals surface area contributed by atoms with Gasteiger partial charge in [-0.3, -0.25) is 0 Å². The molecule has 0 aliphatic heterocycles. The molecule has 44 valence electrons. The molecule has 0 aliphatic rings. The van der Waals surface area contributed by atoms with Crippen LogP contribution in [0.3, 0.4) is 0 Å². The van der Waals surface area contributed by atoms with Crippen LogP contribution in [0.25, 0.3) is 0 Å². The van der Waals surface area contributed by atoms with Gasteiger partial charge in [0.15, 0.2) is 0 Å². The topological polar surface area (TPSA) is 27.1 Å². The van der Waals surface area contributed by atoms with E-state index >= 15 is 0 Å². The van der Waals surface area contributed by atoms with Crippen molar-refractivity contribution in [3.05, 3.63) is 12.3 Å². The summed E-state index contributed by atoms with van der Waals surface area (Å²) in [6, 6.07) is 1.73. The molecule has 1 heterocycles. The molecule has 0 N–H and O–H groups in total. The maximum Gasteiger partial charge on any atom is 0.221 e. The van der Waals surface area contributed by atoms with E-state index in [1.807, 2.05) is 0 Å². The Morgan fingerprint density at radius 1 is 1.88 bits per heavy atom. The number of aromatic nitrogens is 2. The third kappa shape index (κ3) is 0.790. The van der Waals surface area contributed by atoms with Crippen molar-refractivity contribution >= 4 is 12.8 Å². The maximum atomic E-state index is 4.81. The molecule has 1 aromatic rings. The molecule has 0 saturated heterocycles.